The van der Waals surface area contributed by atoms with E-state index in [1.807, 2.05) is 24.3 Å². The van der Waals surface area contributed by atoms with E-state index in [0.717, 1.165) is 54.5 Å². The van der Waals surface area contributed by atoms with Gasteiger partial charge in [-0.2, -0.15) is 0 Å². The van der Waals surface area contributed by atoms with Crippen molar-refractivity contribution in [3.63, 3.8) is 0 Å². The molecule has 2 heterocycles. The minimum Gasteiger partial charge on any atom is -0.366 e. The van der Waals surface area contributed by atoms with Crippen LogP contribution in [0.25, 0.3) is 10.9 Å². The molecule has 4 rings (SSSR count). The van der Waals surface area contributed by atoms with E-state index in [1.54, 1.807) is 6.07 Å². The van der Waals surface area contributed by atoms with Gasteiger partial charge in [0, 0.05) is 54.2 Å². The highest BCUT2D eigenvalue weighted by molar-refractivity contribution is 6.30. The molecule has 1 amide bonds. The molecule has 0 bridgehead atoms. The summed E-state index contributed by atoms with van der Waals surface area (Å²) in [5, 5.41) is 1.79. The number of aromatic nitrogens is 1. The number of carbonyl (C=O) groups is 1. The summed E-state index contributed by atoms with van der Waals surface area (Å²) in [5.41, 5.74) is 8.21. The van der Waals surface area contributed by atoms with Crippen molar-refractivity contribution in [2.75, 3.05) is 31.1 Å². The first-order valence-electron chi connectivity index (χ1n) is 8.73. The number of halogens is 1. The lowest BCUT2D eigenvalue weighted by Gasteiger charge is -2.35. The van der Waals surface area contributed by atoms with Gasteiger partial charge in [-0.25, -0.2) is 0 Å². The minimum atomic E-state index is -0.398. The predicted molar refractivity (Wildman–Crippen MR) is 106 cm³/mol. The van der Waals surface area contributed by atoms with Gasteiger partial charge in [0.05, 0.1) is 0 Å². The van der Waals surface area contributed by atoms with Gasteiger partial charge in [-0.1, -0.05) is 23.7 Å². The number of H-pyrrole nitrogens is 1. The Labute approximate surface area is 157 Å². The molecule has 0 aliphatic carbocycles. The number of fused-ring (bicyclic) bond motifs is 1. The van der Waals surface area contributed by atoms with Gasteiger partial charge in [0.1, 0.15) is 5.82 Å². The number of carbonyl (C=O) groups excluding carboxylic acids is 1. The Morgan fingerprint density at radius 3 is 2.46 bits per heavy atom. The van der Waals surface area contributed by atoms with E-state index in [0.29, 0.717) is 5.56 Å². The Hall–Kier alpha value is -2.50. The van der Waals surface area contributed by atoms with Crippen molar-refractivity contribution in [2.24, 2.45) is 5.73 Å². The van der Waals surface area contributed by atoms with Crippen LogP contribution in [0.1, 0.15) is 15.9 Å². The molecule has 0 radical (unpaired) electrons. The lowest BCUT2D eigenvalue weighted by Crippen LogP contribution is -2.46. The number of aromatic amines is 1. The molecule has 26 heavy (non-hydrogen) atoms. The Balaban J connectivity index is 1.42. The molecule has 0 unspecified atom stereocenters. The molecule has 1 aromatic heterocycles. The molecule has 3 N–H and O–H groups in total. The summed E-state index contributed by atoms with van der Waals surface area (Å²) >= 11 is 5.95. The zero-order valence-electron chi connectivity index (χ0n) is 14.4. The maximum atomic E-state index is 11.3. The summed E-state index contributed by atoms with van der Waals surface area (Å²) in [6, 6.07) is 15.7. The van der Waals surface area contributed by atoms with Crippen molar-refractivity contribution in [1.82, 2.24) is 9.88 Å². The van der Waals surface area contributed by atoms with Crippen LogP contribution in [0.5, 0.6) is 0 Å². The standard InChI is InChI=1S/C20H21ClN4O/c21-17-4-1-14(2-5-17)13-24-7-9-25(10-8-24)19-12-16-11-15(20(22)26)3-6-18(16)23-19/h1-6,11-12,23H,7-10,13H2,(H2,22,26). The highest BCUT2D eigenvalue weighted by Crippen LogP contribution is 2.24. The number of nitrogens with two attached hydrogens (primary N) is 1. The van der Waals surface area contributed by atoms with Crippen LogP contribution in [0, 0.1) is 0 Å². The lowest BCUT2D eigenvalue weighted by atomic mass is 10.1. The van der Waals surface area contributed by atoms with E-state index >= 15 is 0 Å². The second-order valence-corrected chi connectivity index (χ2v) is 7.15. The van der Waals surface area contributed by atoms with E-state index in [1.165, 1.54) is 5.56 Å². The maximum absolute atomic E-state index is 11.3. The van der Waals surface area contributed by atoms with E-state index in [2.05, 4.69) is 33.0 Å². The minimum absolute atomic E-state index is 0.398. The first kappa shape index (κ1) is 16.9. The normalized spacial score (nSPS) is 15.5. The van der Waals surface area contributed by atoms with Crippen LogP contribution in [-0.2, 0) is 6.54 Å². The van der Waals surface area contributed by atoms with E-state index < -0.39 is 5.91 Å². The fourth-order valence-corrected chi connectivity index (χ4v) is 3.56. The van der Waals surface area contributed by atoms with Crippen molar-refractivity contribution in [3.05, 3.63) is 64.7 Å². The SMILES string of the molecule is NC(=O)c1ccc2[nH]c(N3CCN(Cc4ccc(Cl)cc4)CC3)cc2c1. The number of piperazine rings is 1. The largest absolute Gasteiger partial charge is 0.366 e. The second kappa shape index (κ2) is 7.02. The van der Waals surface area contributed by atoms with Gasteiger partial charge in [0.2, 0.25) is 5.91 Å². The van der Waals surface area contributed by atoms with Gasteiger partial charge in [0.25, 0.3) is 0 Å². The van der Waals surface area contributed by atoms with Crippen LogP contribution in [-0.4, -0.2) is 42.0 Å². The zero-order valence-corrected chi connectivity index (χ0v) is 15.2. The smallest absolute Gasteiger partial charge is 0.248 e. The van der Waals surface area contributed by atoms with Crippen molar-refractivity contribution in [2.45, 2.75) is 6.54 Å². The Kier molecular flexibility index (Phi) is 4.57. The Morgan fingerprint density at radius 1 is 1.04 bits per heavy atom. The molecule has 1 aliphatic rings. The highest BCUT2D eigenvalue weighted by atomic mass is 35.5. The number of anilines is 1. The molecule has 1 aliphatic heterocycles. The Bertz CT molecular complexity index is 927. The van der Waals surface area contributed by atoms with Gasteiger partial charge in [-0.3, -0.25) is 9.69 Å². The van der Waals surface area contributed by atoms with E-state index in [4.69, 9.17) is 17.3 Å². The molecular weight excluding hydrogens is 348 g/mol. The maximum Gasteiger partial charge on any atom is 0.248 e. The number of rotatable bonds is 4. The molecule has 6 heteroatoms. The fourth-order valence-electron chi connectivity index (χ4n) is 3.44. The zero-order chi connectivity index (χ0) is 18.1. The van der Waals surface area contributed by atoms with Crippen molar-refractivity contribution >= 4 is 34.2 Å². The van der Waals surface area contributed by atoms with Crippen LogP contribution in [0.3, 0.4) is 0 Å². The fraction of sp³-hybridized carbons (Fsp3) is 0.250. The van der Waals surface area contributed by atoms with Gasteiger partial charge in [-0.15, -0.1) is 0 Å². The third kappa shape index (κ3) is 3.54. The van der Waals surface area contributed by atoms with Crippen molar-refractivity contribution in [3.8, 4) is 0 Å². The number of hydrogen-bond acceptors (Lipinski definition) is 3. The second-order valence-electron chi connectivity index (χ2n) is 6.71. The van der Waals surface area contributed by atoms with Crippen LogP contribution >= 0.6 is 11.6 Å². The molecule has 1 fully saturated rings. The van der Waals surface area contributed by atoms with Crippen LogP contribution in [0.4, 0.5) is 5.82 Å². The van der Waals surface area contributed by atoms with Crippen molar-refractivity contribution in [1.29, 1.82) is 0 Å². The average molecular weight is 369 g/mol. The summed E-state index contributed by atoms with van der Waals surface area (Å²) < 4.78 is 0. The quantitative estimate of drug-likeness (QED) is 0.743. The summed E-state index contributed by atoms with van der Waals surface area (Å²) in [4.78, 5) is 19.6. The third-order valence-electron chi connectivity index (χ3n) is 4.92. The molecular formula is C20H21ClN4O. The molecule has 2 aromatic carbocycles. The molecule has 3 aromatic rings. The summed E-state index contributed by atoms with van der Waals surface area (Å²) in [6.07, 6.45) is 0. The Morgan fingerprint density at radius 2 is 1.77 bits per heavy atom. The van der Waals surface area contributed by atoms with Gasteiger partial charge >= 0.3 is 0 Å². The van der Waals surface area contributed by atoms with E-state index in [-0.39, 0.29) is 0 Å². The molecule has 5 nitrogen and oxygen atoms in total. The highest BCUT2D eigenvalue weighted by Gasteiger charge is 2.19. The number of primary amides is 1. The topological polar surface area (TPSA) is 65.4 Å². The molecule has 0 spiro atoms. The van der Waals surface area contributed by atoms with Gasteiger partial charge < -0.3 is 15.6 Å². The molecule has 0 atom stereocenters. The third-order valence-corrected chi connectivity index (χ3v) is 5.18. The number of amides is 1. The van der Waals surface area contributed by atoms with Crippen LogP contribution in [0.15, 0.2) is 48.5 Å². The monoisotopic (exact) mass is 368 g/mol. The van der Waals surface area contributed by atoms with Crippen molar-refractivity contribution < 1.29 is 4.79 Å². The lowest BCUT2D eigenvalue weighted by molar-refractivity contribution is 0.100. The van der Waals surface area contributed by atoms with Crippen LogP contribution in [0.2, 0.25) is 5.02 Å². The van der Waals surface area contributed by atoms with Gasteiger partial charge in [-0.05, 0) is 42.0 Å². The first-order valence-corrected chi connectivity index (χ1v) is 9.10. The summed E-state index contributed by atoms with van der Waals surface area (Å²) in [5.74, 6) is 0.693. The predicted octanol–water partition coefficient (Wildman–Crippen LogP) is 3.24. The number of nitrogens with one attached hydrogen (secondary N) is 1. The summed E-state index contributed by atoms with van der Waals surface area (Å²) in [6.45, 7) is 4.88. The number of benzene rings is 2. The first-order chi connectivity index (χ1) is 12.6. The molecule has 134 valence electrons. The number of nitrogens with zero attached hydrogens (tertiary/aromatic N) is 2. The van der Waals surface area contributed by atoms with Gasteiger partial charge in [0.15, 0.2) is 0 Å². The molecule has 1 saturated heterocycles. The molecule has 0 saturated carbocycles. The summed E-state index contributed by atoms with van der Waals surface area (Å²) in [7, 11) is 0. The van der Waals surface area contributed by atoms with E-state index in [9.17, 15) is 4.79 Å². The average Bonchev–Trinajstić information content (AvgIpc) is 3.07. The number of hydrogen-bond donors (Lipinski definition) is 2. The van der Waals surface area contributed by atoms with Crippen LogP contribution < -0.4 is 10.6 Å².